The smallest absolute Gasteiger partial charge is 0.242 e. The topological polar surface area (TPSA) is 114 Å². The van der Waals surface area contributed by atoms with Gasteiger partial charge in [0.2, 0.25) is 10.0 Å². The molecule has 0 amide bonds. The Morgan fingerprint density at radius 3 is 2.83 bits per heavy atom. The van der Waals surface area contributed by atoms with Crippen LogP contribution in [-0.4, -0.2) is 67.7 Å². The van der Waals surface area contributed by atoms with Crippen molar-refractivity contribution in [3.8, 4) is 0 Å². The Bertz CT molecular complexity index is 1000. The lowest BCUT2D eigenvalue weighted by molar-refractivity contribution is 0.177. The van der Waals surface area contributed by atoms with E-state index in [4.69, 9.17) is 4.74 Å². The SMILES string of the molecule is CN=C(NCc1ccccc1S(=O)(=O)N(C)C)NC1CCc2nc(COC)nn2C1. The third kappa shape index (κ3) is 4.97. The van der Waals surface area contributed by atoms with Crippen LogP contribution in [0.3, 0.4) is 0 Å². The van der Waals surface area contributed by atoms with Crippen LogP contribution in [0, 0.1) is 0 Å². The van der Waals surface area contributed by atoms with Crippen LogP contribution in [0.5, 0.6) is 0 Å². The van der Waals surface area contributed by atoms with Crippen LogP contribution in [0.4, 0.5) is 0 Å². The van der Waals surface area contributed by atoms with E-state index < -0.39 is 10.0 Å². The number of benzene rings is 1. The number of nitrogens with zero attached hydrogens (tertiary/aromatic N) is 5. The molecule has 1 aromatic heterocycles. The van der Waals surface area contributed by atoms with Gasteiger partial charge in [0.1, 0.15) is 12.4 Å². The zero-order chi connectivity index (χ0) is 21.7. The molecule has 0 bridgehead atoms. The molecule has 1 unspecified atom stereocenters. The van der Waals surface area contributed by atoms with E-state index in [1.54, 1.807) is 32.4 Å². The molecule has 2 heterocycles. The summed E-state index contributed by atoms with van der Waals surface area (Å²) in [7, 11) is 2.85. The summed E-state index contributed by atoms with van der Waals surface area (Å²) in [5, 5.41) is 11.1. The van der Waals surface area contributed by atoms with Gasteiger partial charge in [-0.25, -0.2) is 22.4 Å². The zero-order valence-corrected chi connectivity index (χ0v) is 18.6. The van der Waals surface area contributed by atoms with E-state index >= 15 is 0 Å². The normalized spacial score (nSPS) is 17.1. The number of sulfonamides is 1. The van der Waals surface area contributed by atoms with Gasteiger partial charge in [-0.2, -0.15) is 5.10 Å². The summed E-state index contributed by atoms with van der Waals surface area (Å²) in [6.07, 6.45) is 1.71. The van der Waals surface area contributed by atoms with Crippen LogP contribution in [0.2, 0.25) is 0 Å². The Labute approximate surface area is 177 Å². The summed E-state index contributed by atoms with van der Waals surface area (Å²) in [5.41, 5.74) is 0.681. The molecule has 0 saturated carbocycles. The first-order chi connectivity index (χ1) is 14.3. The van der Waals surface area contributed by atoms with Crippen molar-refractivity contribution >= 4 is 16.0 Å². The van der Waals surface area contributed by atoms with Crippen molar-refractivity contribution in [3.05, 3.63) is 41.5 Å². The molecule has 1 aromatic carbocycles. The first-order valence-corrected chi connectivity index (χ1v) is 11.2. The summed E-state index contributed by atoms with van der Waals surface area (Å²) >= 11 is 0. The largest absolute Gasteiger partial charge is 0.377 e. The summed E-state index contributed by atoms with van der Waals surface area (Å²) < 4.78 is 33.4. The number of nitrogens with one attached hydrogen (secondary N) is 2. The minimum atomic E-state index is -3.52. The van der Waals surface area contributed by atoms with E-state index in [0.717, 1.165) is 18.7 Å². The van der Waals surface area contributed by atoms with Gasteiger partial charge in [-0.05, 0) is 18.1 Å². The maximum absolute atomic E-state index is 12.6. The third-order valence-corrected chi connectivity index (χ3v) is 6.83. The summed E-state index contributed by atoms with van der Waals surface area (Å²) in [6, 6.07) is 7.11. The highest BCUT2D eigenvalue weighted by molar-refractivity contribution is 7.89. The van der Waals surface area contributed by atoms with Crippen LogP contribution >= 0.6 is 0 Å². The number of guanidine groups is 1. The van der Waals surface area contributed by atoms with E-state index in [2.05, 4.69) is 25.7 Å². The minimum Gasteiger partial charge on any atom is -0.377 e. The van der Waals surface area contributed by atoms with E-state index in [9.17, 15) is 8.42 Å². The van der Waals surface area contributed by atoms with Crippen molar-refractivity contribution in [2.45, 2.75) is 43.5 Å². The number of hydrogen-bond acceptors (Lipinski definition) is 6. The average Bonchev–Trinajstić information content (AvgIpc) is 3.13. The summed E-state index contributed by atoms with van der Waals surface area (Å²) in [6.45, 7) is 1.41. The quantitative estimate of drug-likeness (QED) is 0.477. The predicted octanol–water partition coefficient (Wildman–Crippen LogP) is 0.355. The molecular weight excluding hydrogens is 406 g/mol. The molecule has 1 aliphatic heterocycles. The number of hydrogen-bond donors (Lipinski definition) is 2. The van der Waals surface area contributed by atoms with Gasteiger partial charge in [0.15, 0.2) is 11.8 Å². The molecule has 11 heteroatoms. The molecule has 3 rings (SSSR count). The van der Waals surface area contributed by atoms with Gasteiger partial charge in [-0.3, -0.25) is 4.99 Å². The van der Waals surface area contributed by atoms with E-state index in [-0.39, 0.29) is 10.9 Å². The fraction of sp³-hybridized carbons (Fsp3) is 0.526. The monoisotopic (exact) mass is 435 g/mol. The van der Waals surface area contributed by atoms with Crippen molar-refractivity contribution in [2.75, 3.05) is 28.3 Å². The van der Waals surface area contributed by atoms with Gasteiger partial charge >= 0.3 is 0 Å². The molecule has 2 aromatic rings. The van der Waals surface area contributed by atoms with Crippen molar-refractivity contribution in [1.29, 1.82) is 0 Å². The lowest BCUT2D eigenvalue weighted by atomic mass is 10.1. The van der Waals surface area contributed by atoms with Crippen LogP contribution in [-0.2, 0) is 40.9 Å². The molecule has 0 spiro atoms. The maximum atomic E-state index is 12.6. The number of rotatable bonds is 7. The first-order valence-electron chi connectivity index (χ1n) is 9.74. The van der Waals surface area contributed by atoms with E-state index in [0.29, 0.717) is 37.0 Å². The Balaban J connectivity index is 1.64. The van der Waals surface area contributed by atoms with Crippen LogP contribution in [0.1, 0.15) is 23.6 Å². The van der Waals surface area contributed by atoms with Crippen LogP contribution in [0.15, 0.2) is 34.2 Å². The Morgan fingerprint density at radius 1 is 1.37 bits per heavy atom. The molecule has 1 atom stereocenters. The van der Waals surface area contributed by atoms with Gasteiger partial charge in [-0.15, -0.1) is 0 Å². The molecule has 0 fully saturated rings. The molecular formula is C19H29N7O3S. The second-order valence-corrected chi connectivity index (χ2v) is 9.38. The van der Waals surface area contributed by atoms with Gasteiger partial charge in [0, 0.05) is 47.3 Å². The van der Waals surface area contributed by atoms with Gasteiger partial charge < -0.3 is 15.4 Å². The highest BCUT2D eigenvalue weighted by Crippen LogP contribution is 2.18. The number of aliphatic imine (C=N–C) groups is 1. The Morgan fingerprint density at radius 2 is 2.13 bits per heavy atom. The van der Waals surface area contributed by atoms with Crippen molar-refractivity contribution in [2.24, 2.45) is 4.99 Å². The van der Waals surface area contributed by atoms with Crippen molar-refractivity contribution < 1.29 is 13.2 Å². The number of ether oxygens (including phenoxy) is 1. The fourth-order valence-electron chi connectivity index (χ4n) is 3.33. The average molecular weight is 436 g/mol. The summed E-state index contributed by atoms with van der Waals surface area (Å²) in [4.78, 5) is 9.06. The molecule has 10 nitrogen and oxygen atoms in total. The highest BCUT2D eigenvalue weighted by Gasteiger charge is 2.23. The van der Waals surface area contributed by atoms with Gasteiger partial charge in [-0.1, -0.05) is 18.2 Å². The highest BCUT2D eigenvalue weighted by atomic mass is 32.2. The number of aryl methyl sites for hydroxylation is 1. The van der Waals surface area contributed by atoms with Crippen molar-refractivity contribution in [1.82, 2.24) is 29.7 Å². The second kappa shape index (κ2) is 9.54. The maximum Gasteiger partial charge on any atom is 0.242 e. The molecule has 2 N–H and O–H groups in total. The van der Waals surface area contributed by atoms with Crippen LogP contribution < -0.4 is 10.6 Å². The first kappa shape index (κ1) is 22.2. The van der Waals surface area contributed by atoms with E-state index in [1.165, 1.54) is 18.4 Å². The molecule has 1 aliphatic rings. The van der Waals surface area contributed by atoms with Gasteiger partial charge in [0.25, 0.3) is 0 Å². The van der Waals surface area contributed by atoms with Crippen molar-refractivity contribution in [3.63, 3.8) is 0 Å². The standard InChI is InChI=1S/C19H29N7O3S/c1-20-19(21-11-14-7-5-6-8-16(14)30(27,28)25(2)3)22-15-9-10-18-23-17(13-29-4)24-26(18)12-15/h5-8,15H,9-13H2,1-4H3,(H2,20,21,22). The fourth-order valence-corrected chi connectivity index (χ4v) is 4.45. The minimum absolute atomic E-state index is 0.140. The number of aromatic nitrogens is 3. The lowest BCUT2D eigenvalue weighted by Gasteiger charge is -2.25. The second-order valence-electron chi connectivity index (χ2n) is 7.26. The molecule has 0 radical (unpaired) electrons. The summed E-state index contributed by atoms with van der Waals surface area (Å²) in [5.74, 6) is 2.26. The van der Waals surface area contributed by atoms with Gasteiger partial charge in [0.05, 0.1) is 11.4 Å². The molecule has 164 valence electrons. The Kier molecular flexibility index (Phi) is 7.06. The van der Waals surface area contributed by atoms with E-state index in [1.807, 2.05) is 10.7 Å². The lowest BCUT2D eigenvalue weighted by Crippen LogP contribution is -2.47. The molecule has 0 saturated heterocycles. The molecule has 30 heavy (non-hydrogen) atoms. The zero-order valence-electron chi connectivity index (χ0n) is 17.8. The Hall–Kier alpha value is -2.50. The van der Waals surface area contributed by atoms with Crippen LogP contribution in [0.25, 0.3) is 0 Å². The number of fused-ring (bicyclic) bond motifs is 1. The predicted molar refractivity (Wildman–Crippen MR) is 113 cm³/mol. The molecule has 0 aliphatic carbocycles. The third-order valence-electron chi connectivity index (χ3n) is 4.92. The number of methoxy groups -OCH3 is 1.